The van der Waals surface area contributed by atoms with Crippen molar-refractivity contribution in [3.05, 3.63) is 23.4 Å². The Morgan fingerprint density at radius 1 is 1.33 bits per heavy atom. The summed E-state index contributed by atoms with van der Waals surface area (Å²) in [4.78, 5) is 16.9. The molecule has 2 aliphatic rings. The summed E-state index contributed by atoms with van der Waals surface area (Å²) in [6.45, 7) is 4.11. The summed E-state index contributed by atoms with van der Waals surface area (Å²) in [5.41, 5.74) is 4.07. The standard InChI is InChI=1S/C16H24N4O/c1-9(2)13-7-12(8-15(18-13)20-17)16(21)19-14-6-10-3-4-11(14)5-10/h7-11,14H,3-6,17H2,1-2H3,(H,18,20)(H,19,21). The summed E-state index contributed by atoms with van der Waals surface area (Å²) in [5, 5.41) is 3.21. The van der Waals surface area contributed by atoms with Crippen LogP contribution in [0.5, 0.6) is 0 Å². The van der Waals surface area contributed by atoms with Gasteiger partial charge in [-0.15, -0.1) is 0 Å². The molecule has 0 spiro atoms. The average molecular weight is 288 g/mol. The van der Waals surface area contributed by atoms with E-state index in [4.69, 9.17) is 5.84 Å². The number of hydrazine groups is 1. The Bertz CT molecular complexity index is 543. The van der Waals surface area contributed by atoms with E-state index in [0.717, 1.165) is 18.0 Å². The van der Waals surface area contributed by atoms with Crippen LogP contribution in [0.4, 0.5) is 5.82 Å². The van der Waals surface area contributed by atoms with E-state index in [2.05, 4.69) is 29.6 Å². The molecule has 4 N–H and O–H groups in total. The van der Waals surface area contributed by atoms with Gasteiger partial charge in [0.15, 0.2) is 0 Å². The first-order valence-corrected chi connectivity index (χ1v) is 7.86. The number of nitrogens with one attached hydrogen (secondary N) is 2. The Morgan fingerprint density at radius 2 is 2.14 bits per heavy atom. The lowest BCUT2D eigenvalue weighted by atomic mass is 9.95. The van der Waals surface area contributed by atoms with Crippen molar-refractivity contribution >= 4 is 11.7 Å². The molecule has 2 bridgehead atoms. The summed E-state index contributed by atoms with van der Waals surface area (Å²) in [7, 11) is 0. The van der Waals surface area contributed by atoms with Crippen LogP contribution >= 0.6 is 0 Å². The van der Waals surface area contributed by atoms with Gasteiger partial charge >= 0.3 is 0 Å². The zero-order chi connectivity index (χ0) is 15.0. The van der Waals surface area contributed by atoms with E-state index >= 15 is 0 Å². The van der Waals surface area contributed by atoms with Gasteiger partial charge < -0.3 is 10.7 Å². The Balaban J connectivity index is 1.76. The van der Waals surface area contributed by atoms with Crippen LogP contribution in [-0.4, -0.2) is 16.9 Å². The minimum atomic E-state index is -0.00616. The van der Waals surface area contributed by atoms with Gasteiger partial charge in [0.25, 0.3) is 5.91 Å². The fourth-order valence-corrected chi connectivity index (χ4v) is 3.73. The fraction of sp³-hybridized carbons (Fsp3) is 0.625. The quantitative estimate of drug-likeness (QED) is 0.587. The molecule has 5 nitrogen and oxygen atoms in total. The largest absolute Gasteiger partial charge is 0.349 e. The van der Waals surface area contributed by atoms with Crippen molar-refractivity contribution < 1.29 is 4.79 Å². The highest BCUT2D eigenvalue weighted by Gasteiger charge is 2.40. The predicted molar refractivity (Wildman–Crippen MR) is 82.8 cm³/mol. The van der Waals surface area contributed by atoms with E-state index in [1.54, 1.807) is 6.07 Å². The molecule has 1 amide bonds. The zero-order valence-electron chi connectivity index (χ0n) is 12.7. The third kappa shape index (κ3) is 2.88. The Labute approximate surface area is 125 Å². The van der Waals surface area contributed by atoms with Crippen LogP contribution in [0.25, 0.3) is 0 Å². The van der Waals surface area contributed by atoms with E-state index in [-0.39, 0.29) is 11.8 Å². The van der Waals surface area contributed by atoms with E-state index in [1.807, 2.05) is 6.07 Å². The molecule has 1 aromatic rings. The molecule has 0 saturated heterocycles. The number of nitrogens with two attached hydrogens (primary N) is 1. The monoisotopic (exact) mass is 288 g/mol. The SMILES string of the molecule is CC(C)c1cc(C(=O)NC2CC3CCC2C3)cc(NN)n1. The molecular formula is C16H24N4O. The topological polar surface area (TPSA) is 80.0 Å². The second kappa shape index (κ2) is 5.64. The molecule has 3 atom stereocenters. The molecule has 2 saturated carbocycles. The van der Waals surface area contributed by atoms with E-state index in [1.165, 1.54) is 19.3 Å². The number of nitrogen functional groups attached to an aromatic ring is 1. The fourth-order valence-electron chi connectivity index (χ4n) is 3.73. The Kier molecular flexibility index (Phi) is 3.85. The van der Waals surface area contributed by atoms with Gasteiger partial charge in [-0.05, 0) is 49.1 Å². The molecule has 3 rings (SSSR count). The normalized spacial score (nSPS) is 27.1. The highest BCUT2D eigenvalue weighted by molar-refractivity contribution is 5.95. The smallest absolute Gasteiger partial charge is 0.251 e. The number of anilines is 1. The number of hydrogen-bond donors (Lipinski definition) is 3. The van der Waals surface area contributed by atoms with Gasteiger partial charge in [-0.3, -0.25) is 4.79 Å². The number of hydrogen-bond acceptors (Lipinski definition) is 4. The van der Waals surface area contributed by atoms with E-state index < -0.39 is 0 Å². The van der Waals surface area contributed by atoms with Crippen molar-refractivity contribution in [3.63, 3.8) is 0 Å². The number of carbonyl (C=O) groups is 1. The van der Waals surface area contributed by atoms with Crippen LogP contribution in [0.2, 0.25) is 0 Å². The van der Waals surface area contributed by atoms with Gasteiger partial charge in [0.2, 0.25) is 0 Å². The van der Waals surface area contributed by atoms with Crippen LogP contribution < -0.4 is 16.6 Å². The van der Waals surface area contributed by atoms with Gasteiger partial charge in [0, 0.05) is 17.3 Å². The molecule has 114 valence electrons. The van der Waals surface area contributed by atoms with Crippen molar-refractivity contribution in [1.29, 1.82) is 0 Å². The maximum absolute atomic E-state index is 12.5. The molecule has 2 aliphatic carbocycles. The second-order valence-corrected chi connectivity index (χ2v) is 6.72. The summed E-state index contributed by atoms with van der Waals surface area (Å²) < 4.78 is 0. The number of fused-ring (bicyclic) bond motifs is 2. The molecule has 0 radical (unpaired) electrons. The van der Waals surface area contributed by atoms with Crippen LogP contribution in [-0.2, 0) is 0 Å². The number of aromatic nitrogens is 1. The van der Waals surface area contributed by atoms with Crippen molar-refractivity contribution in [2.75, 3.05) is 5.43 Å². The van der Waals surface area contributed by atoms with Gasteiger partial charge in [-0.2, -0.15) is 0 Å². The summed E-state index contributed by atoms with van der Waals surface area (Å²) >= 11 is 0. The second-order valence-electron chi connectivity index (χ2n) is 6.72. The van der Waals surface area contributed by atoms with Crippen LogP contribution in [0.1, 0.15) is 61.5 Å². The van der Waals surface area contributed by atoms with Crippen LogP contribution in [0.3, 0.4) is 0 Å². The number of nitrogens with zero attached hydrogens (tertiary/aromatic N) is 1. The molecule has 0 aromatic carbocycles. The lowest BCUT2D eigenvalue weighted by molar-refractivity contribution is 0.0922. The van der Waals surface area contributed by atoms with Crippen molar-refractivity contribution in [2.45, 2.75) is 51.5 Å². The lowest BCUT2D eigenvalue weighted by Crippen LogP contribution is -2.38. The zero-order valence-corrected chi connectivity index (χ0v) is 12.7. The molecule has 1 aromatic heterocycles. The first kappa shape index (κ1) is 14.3. The Hall–Kier alpha value is -1.62. The first-order chi connectivity index (χ1) is 10.1. The first-order valence-electron chi connectivity index (χ1n) is 7.86. The van der Waals surface area contributed by atoms with Gasteiger partial charge in [-0.25, -0.2) is 10.8 Å². The van der Waals surface area contributed by atoms with Gasteiger partial charge in [0.1, 0.15) is 5.82 Å². The number of rotatable bonds is 4. The highest BCUT2D eigenvalue weighted by atomic mass is 16.1. The minimum Gasteiger partial charge on any atom is -0.349 e. The van der Waals surface area contributed by atoms with Crippen LogP contribution in [0.15, 0.2) is 12.1 Å². The third-order valence-electron chi connectivity index (χ3n) is 4.90. The van der Waals surface area contributed by atoms with E-state index in [0.29, 0.717) is 23.3 Å². The van der Waals surface area contributed by atoms with Crippen molar-refractivity contribution in [3.8, 4) is 0 Å². The van der Waals surface area contributed by atoms with Gasteiger partial charge in [-0.1, -0.05) is 20.3 Å². The lowest BCUT2D eigenvalue weighted by Gasteiger charge is -2.23. The molecule has 1 heterocycles. The Morgan fingerprint density at radius 3 is 2.71 bits per heavy atom. The number of carbonyl (C=O) groups excluding carboxylic acids is 1. The molecule has 3 unspecified atom stereocenters. The van der Waals surface area contributed by atoms with E-state index in [9.17, 15) is 4.79 Å². The third-order valence-corrected chi connectivity index (χ3v) is 4.90. The highest BCUT2D eigenvalue weighted by Crippen LogP contribution is 2.44. The molecule has 2 fully saturated rings. The molecule has 5 heteroatoms. The van der Waals surface area contributed by atoms with Gasteiger partial charge in [0.05, 0.1) is 0 Å². The maximum atomic E-state index is 12.5. The average Bonchev–Trinajstić information content (AvgIpc) is 3.09. The maximum Gasteiger partial charge on any atom is 0.251 e. The number of pyridine rings is 1. The molecule has 0 aliphatic heterocycles. The summed E-state index contributed by atoms with van der Waals surface area (Å²) in [6, 6.07) is 3.93. The molecular weight excluding hydrogens is 264 g/mol. The summed E-state index contributed by atoms with van der Waals surface area (Å²) in [6.07, 6.45) is 5.03. The molecule has 21 heavy (non-hydrogen) atoms. The predicted octanol–water partition coefficient (Wildman–Crippen LogP) is 2.41. The van der Waals surface area contributed by atoms with Crippen LogP contribution in [0, 0.1) is 11.8 Å². The van der Waals surface area contributed by atoms with Crippen molar-refractivity contribution in [1.82, 2.24) is 10.3 Å². The number of amides is 1. The van der Waals surface area contributed by atoms with Crippen molar-refractivity contribution in [2.24, 2.45) is 17.7 Å². The minimum absolute atomic E-state index is 0.00616. The summed E-state index contributed by atoms with van der Waals surface area (Å²) in [5.74, 6) is 7.75.